The fraction of sp³-hybridized carbons (Fsp3) is 0.583. The Hall–Kier alpha value is -1.85. The van der Waals surface area contributed by atoms with Gasteiger partial charge in [-0.2, -0.15) is 5.10 Å². The number of hydrogen-bond acceptors (Lipinski definition) is 3. The Bertz CT molecular complexity index is 428. The second-order valence-corrected chi connectivity index (χ2v) is 4.26. The molecule has 0 saturated carbocycles. The summed E-state index contributed by atoms with van der Waals surface area (Å²) < 4.78 is 1.62. The highest BCUT2D eigenvalue weighted by Gasteiger charge is 2.26. The zero-order valence-electron chi connectivity index (χ0n) is 10.9. The lowest BCUT2D eigenvalue weighted by Crippen LogP contribution is -2.44. The number of aryl methyl sites for hydroxylation is 1. The predicted molar refractivity (Wildman–Crippen MR) is 66.2 cm³/mol. The van der Waals surface area contributed by atoms with Gasteiger partial charge < -0.3 is 10.4 Å². The van der Waals surface area contributed by atoms with E-state index in [2.05, 4.69) is 10.4 Å². The van der Waals surface area contributed by atoms with Crippen LogP contribution in [0.1, 0.15) is 37.6 Å². The van der Waals surface area contributed by atoms with Gasteiger partial charge in [-0.25, -0.2) is 4.79 Å². The van der Waals surface area contributed by atoms with Crippen molar-refractivity contribution in [1.29, 1.82) is 0 Å². The second-order valence-electron chi connectivity index (χ2n) is 4.26. The van der Waals surface area contributed by atoms with Crippen LogP contribution in [0, 0.1) is 5.92 Å². The van der Waals surface area contributed by atoms with Gasteiger partial charge in [-0.1, -0.05) is 20.3 Å². The first-order valence-electron chi connectivity index (χ1n) is 6.05. The summed E-state index contributed by atoms with van der Waals surface area (Å²) >= 11 is 0. The average Bonchev–Trinajstić information content (AvgIpc) is 2.83. The van der Waals surface area contributed by atoms with Crippen LogP contribution in [-0.2, 0) is 11.3 Å². The van der Waals surface area contributed by atoms with Crippen LogP contribution >= 0.6 is 0 Å². The van der Waals surface area contributed by atoms with Gasteiger partial charge in [-0.15, -0.1) is 0 Å². The summed E-state index contributed by atoms with van der Waals surface area (Å²) in [4.78, 5) is 23.0. The molecule has 0 aliphatic carbocycles. The summed E-state index contributed by atoms with van der Waals surface area (Å²) in [5, 5.41) is 15.6. The van der Waals surface area contributed by atoms with E-state index in [1.807, 2.05) is 13.8 Å². The molecule has 0 spiro atoms. The molecule has 0 aliphatic rings. The van der Waals surface area contributed by atoms with Gasteiger partial charge in [0.15, 0.2) is 0 Å². The maximum absolute atomic E-state index is 11.9. The number of carboxylic acids is 1. The summed E-state index contributed by atoms with van der Waals surface area (Å²) in [6.07, 6.45) is 3.73. The summed E-state index contributed by atoms with van der Waals surface area (Å²) in [6, 6.07) is -0.868. The van der Waals surface area contributed by atoms with E-state index in [1.165, 1.54) is 6.20 Å². The van der Waals surface area contributed by atoms with Gasteiger partial charge >= 0.3 is 5.97 Å². The minimum Gasteiger partial charge on any atom is -0.480 e. The van der Waals surface area contributed by atoms with Gasteiger partial charge in [-0.3, -0.25) is 9.48 Å². The summed E-state index contributed by atoms with van der Waals surface area (Å²) in [7, 11) is 0. The highest BCUT2D eigenvalue weighted by atomic mass is 16.4. The van der Waals surface area contributed by atoms with Crippen molar-refractivity contribution in [2.75, 3.05) is 0 Å². The van der Waals surface area contributed by atoms with E-state index < -0.39 is 17.9 Å². The molecule has 0 saturated heterocycles. The third-order valence-corrected chi connectivity index (χ3v) is 2.99. The highest BCUT2D eigenvalue weighted by molar-refractivity contribution is 5.96. The number of carboxylic acid groups (broad SMARTS) is 1. The minimum absolute atomic E-state index is 0.118. The zero-order chi connectivity index (χ0) is 13.7. The third kappa shape index (κ3) is 3.32. The Balaban J connectivity index is 2.75. The molecule has 1 rings (SSSR count). The Morgan fingerprint density at radius 3 is 2.61 bits per heavy atom. The van der Waals surface area contributed by atoms with E-state index >= 15 is 0 Å². The van der Waals surface area contributed by atoms with E-state index in [1.54, 1.807) is 17.8 Å². The molecule has 0 radical (unpaired) electrons. The first kappa shape index (κ1) is 14.2. The van der Waals surface area contributed by atoms with Crippen molar-refractivity contribution in [3.05, 3.63) is 18.0 Å². The number of amides is 1. The van der Waals surface area contributed by atoms with Crippen molar-refractivity contribution in [2.45, 2.75) is 39.8 Å². The molecule has 100 valence electrons. The molecule has 1 aromatic rings. The number of rotatable bonds is 6. The van der Waals surface area contributed by atoms with Crippen LogP contribution in [-0.4, -0.2) is 32.8 Å². The molecule has 6 heteroatoms. The van der Waals surface area contributed by atoms with Gasteiger partial charge in [-0.05, 0) is 12.8 Å². The number of nitrogens with zero attached hydrogens (tertiary/aromatic N) is 2. The molecule has 0 aromatic carbocycles. The van der Waals surface area contributed by atoms with Gasteiger partial charge in [0.1, 0.15) is 6.04 Å². The second kappa shape index (κ2) is 6.18. The van der Waals surface area contributed by atoms with Crippen molar-refractivity contribution in [3.8, 4) is 0 Å². The maximum atomic E-state index is 11.9. The molecule has 1 aromatic heterocycles. The lowest BCUT2D eigenvalue weighted by Gasteiger charge is -2.19. The molecular formula is C12H19N3O3. The fourth-order valence-corrected chi connectivity index (χ4v) is 1.56. The molecule has 0 aliphatic heterocycles. The summed E-state index contributed by atoms with van der Waals surface area (Å²) in [5.41, 5.74) is 0.381. The largest absolute Gasteiger partial charge is 0.480 e. The lowest BCUT2D eigenvalue weighted by molar-refractivity contribution is -0.140. The monoisotopic (exact) mass is 253 g/mol. The van der Waals surface area contributed by atoms with Crippen molar-refractivity contribution >= 4 is 11.9 Å². The number of aliphatic carboxylic acids is 1. The number of carbonyl (C=O) groups excluding carboxylic acids is 1. The van der Waals surface area contributed by atoms with Crippen LogP contribution in [0.5, 0.6) is 0 Å². The molecule has 0 fully saturated rings. The lowest BCUT2D eigenvalue weighted by atomic mass is 9.99. The molecular weight excluding hydrogens is 234 g/mol. The predicted octanol–water partition coefficient (Wildman–Crippen LogP) is 1.13. The number of carbonyl (C=O) groups is 2. The zero-order valence-corrected chi connectivity index (χ0v) is 10.9. The van der Waals surface area contributed by atoms with E-state index in [0.717, 1.165) is 0 Å². The maximum Gasteiger partial charge on any atom is 0.326 e. The van der Waals surface area contributed by atoms with E-state index in [0.29, 0.717) is 18.5 Å². The van der Waals surface area contributed by atoms with Gasteiger partial charge in [0, 0.05) is 12.7 Å². The molecule has 2 N–H and O–H groups in total. The quantitative estimate of drug-likeness (QED) is 0.796. The molecule has 0 bridgehead atoms. The van der Waals surface area contributed by atoms with Crippen LogP contribution in [0.3, 0.4) is 0 Å². The number of hydrogen-bond donors (Lipinski definition) is 2. The third-order valence-electron chi connectivity index (χ3n) is 2.99. The minimum atomic E-state index is -1.01. The smallest absolute Gasteiger partial charge is 0.326 e. The Labute approximate surface area is 106 Å². The van der Waals surface area contributed by atoms with Crippen LogP contribution in [0.4, 0.5) is 0 Å². The Morgan fingerprint density at radius 2 is 2.17 bits per heavy atom. The molecule has 2 atom stereocenters. The standard InChI is InChI=1S/C12H19N3O3/c1-4-8(3)10(12(17)18)14-11(16)9-6-13-15(5-2)7-9/h6-8,10H,4-5H2,1-3H3,(H,14,16)(H,17,18)/t8-,10-/m0/s1. The van der Waals surface area contributed by atoms with Crippen molar-refractivity contribution in [2.24, 2.45) is 5.92 Å². The van der Waals surface area contributed by atoms with E-state index in [4.69, 9.17) is 5.11 Å². The van der Waals surface area contributed by atoms with Crippen molar-refractivity contribution < 1.29 is 14.7 Å². The first-order chi connectivity index (χ1) is 8.49. The van der Waals surface area contributed by atoms with Crippen LogP contribution in [0.25, 0.3) is 0 Å². The van der Waals surface area contributed by atoms with Crippen LogP contribution in [0.2, 0.25) is 0 Å². The van der Waals surface area contributed by atoms with Crippen LogP contribution in [0.15, 0.2) is 12.4 Å². The molecule has 0 unspecified atom stereocenters. The van der Waals surface area contributed by atoms with E-state index in [9.17, 15) is 9.59 Å². The van der Waals surface area contributed by atoms with Gasteiger partial charge in [0.05, 0.1) is 11.8 Å². The highest BCUT2D eigenvalue weighted by Crippen LogP contribution is 2.09. The number of aromatic nitrogens is 2. The van der Waals surface area contributed by atoms with E-state index in [-0.39, 0.29) is 5.92 Å². The normalized spacial score (nSPS) is 13.9. The fourth-order valence-electron chi connectivity index (χ4n) is 1.56. The molecule has 1 amide bonds. The first-order valence-corrected chi connectivity index (χ1v) is 6.05. The molecule has 18 heavy (non-hydrogen) atoms. The number of nitrogens with one attached hydrogen (secondary N) is 1. The average molecular weight is 253 g/mol. The molecule has 1 heterocycles. The summed E-state index contributed by atoms with van der Waals surface area (Å²) in [6.45, 7) is 6.27. The Kier molecular flexibility index (Phi) is 4.88. The van der Waals surface area contributed by atoms with Crippen LogP contribution < -0.4 is 5.32 Å². The Morgan fingerprint density at radius 1 is 1.50 bits per heavy atom. The van der Waals surface area contributed by atoms with Gasteiger partial charge in [0.2, 0.25) is 0 Å². The van der Waals surface area contributed by atoms with Gasteiger partial charge in [0.25, 0.3) is 5.91 Å². The summed E-state index contributed by atoms with van der Waals surface area (Å²) in [5.74, 6) is -1.53. The van der Waals surface area contributed by atoms with Crippen molar-refractivity contribution in [3.63, 3.8) is 0 Å². The van der Waals surface area contributed by atoms with Crippen molar-refractivity contribution in [1.82, 2.24) is 15.1 Å². The molecule has 6 nitrogen and oxygen atoms in total. The topological polar surface area (TPSA) is 84.2 Å². The SMILES string of the molecule is CC[C@H](C)[C@H](NC(=O)c1cnn(CC)c1)C(=O)O.